The first-order valence-electron chi connectivity index (χ1n) is 7.58. The van der Waals surface area contributed by atoms with E-state index in [0.29, 0.717) is 18.0 Å². The average molecular weight is 263 g/mol. The second-order valence-electron chi connectivity index (χ2n) is 6.13. The Morgan fingerprint density at radius 3 is 2.95 bits per heavy atom. The first kappa shape index (κ1) is 11.9. The van der Waals surface area contributed by atoms with Crippen LogP contribution in [0.3, 0.4) is 0 Å². The van der Waals surface area contributed by atoms with Gasteiger partial charge in [0.05, 0.1) is 12.0 Å². The third-order valence-corrected chi connectivity index (χ3v) is 4.79. The van der Waals surface area contributed by atoms with Gasteiger partial charge in [-0.1, -0.05) is 5.16 Å². The van der Waals surface area contributed by atoms with Gasteiger partial charge in [0.15, 0.2) is 5.82 Å². The summed E-state index contributed by atoms with van der Waals surface area (Å²) in [5.74, 6) is 2.10. The molecule has 4 heterocycles. The summed E-state index contributed by atoms with van der Waals surface area (Å²) in [6.07, 6.45) is 8.37. The molecule has 0 aromatic carbocycles. The van der Waals surface area contributed by atoms with E-state index in [1.54, 1.807) is 0 Å². The number of hydrogen-bond acceptors (Lipinski definition) is 5. The Kier molecular flexibility index (Phi) is 3.04. The first-order valence-corrected chi connectivity index (χ1v) is 7.58. The Bertz CT molecular complexity index is 442. The summed E-state index contributed by atoms with van der Waals surface area (Å²) < 4.78 is 11.2. The van der Waals surface area contributed by atoms with E-state index in [4.69, 9.17) is 9.26 Å². The summed E-state index contributed by atoms with van der Waals surface area (Å²) in [6.45, 7) is 0.881. The third kappa shape index (κ3) is 2.30. The highest BCUT2D eigenvalue weighted by Gasteiger charge is 2.42. The SMILES string of the molecule is C1CCC(Cc2noc(C3CC4CCC3N4)n2)OC1. The van der Waals surface area contributed by atoms with Crippen LogP contribution in [0, 0.1) is 0 Å². The molecule has 4 atom stereocenters. The van der Waals surface area contributed by atoms with Crippen molar-refractivity contribution in [3.05, 3.63) is 11.7 Å². The van der Waals surface area contributed by atoms with Gasteiger partial charge < -0.3 is 14.6 Å². The fourth-order valence-electron chi connectivity index (χ4n) is 3.77. The van der Waals surface area contributed by atoms with E-state index in [-0.39, 0.29) is 6.10 Å². The normalized spacial score (nSPS) is 37.9. The van der Waals surface area contributed by atoms with E-state index in [9.17, 15) is 0 Å². The molecule has 1 N–H and O–H groups in total. The zero-order chi connectivity index (χ0) is 12.7. The van der Waals surface area contributed by atoms with Gasteiger partial charge in [-0.05, 0) is 38.5 Å². The summed E-state index contributed by atoms with van der Waals surface area (Å²) in [6, 6.07) is 1.23. The van der Waals surface area contributed by atoms with E-state index in [0.717, 1.165) is 37.6 Å². The summed E-state index contributed by atoms with van der Waals surface area (Å²) in [5.41, 5.74) is 0. The predicted octanol–water partition coefficient (Wildman–Crippen LogP) is 1.79. The lowest BCUT2D eigenvalue weighted by atomic mass is 9.89. The Morgan fingerprint density at radius 2 is 2.21 bits per heavy atom. The highest BCUT2D eigenvalue weighted by atomic mass is 16.5. The molecule has 0 radical (unpaired) electrons. The molecule has 19 heavy (non-hydrogen) atoms. The van der Waals surface area contributed by atoms with Crippen molar-refractivity contribution in [3.63, 3.8) is 0 Å². The van der Waals surface area contributed by atoms with Crippen LogP contribution in [0.15, 0.2) is 4.52 Å². The summed E-state index contributed by atoms with van der Waals surface area (Å²) in [5, 5.41) is 7.76. The summed E-state index contributed by atoms with van der Waals surface area (Å²) >= 11 is 0. The number of fused-ring (bicyclic) bond motifs is 2. The Morgan fingerprint density at radius 1 is 1.21 bits per heavy atom. The van der Waals surface area contributed by atoms with Crippen molar-refractivity contribution in [2.75, 3.05) is 6.61 Å². The third-order valence-electron chi connectivity index (χ3n) is 4.79. The topological polar surface area (TPSA) is 60.2 Å². The molecule has 1 aromatic rings. The lowest BCUT2D eigenvalue weighted by molar-refractivity contribution is 0.0153. The fraction of sp³-hybridized carbons (Fsp3) is 0.857. The number of nitrogens with one attached hydrogen (secondary N) is 1. The predicted molar refractivity (Wildman–Crippen MR) is 68.9 cm³/mol. The smallest absolute Gasteiger partial charge is 0.231 e. The number of ether oxygens (including phenoxy) is 1. The molecule has 4 rings (SSSR count). The van der Waals surface area contributed by atoms with Crippen LogP contribution in [0.25, 0.3) is 0 Å². The van der Waals surface area contributed by atoms with E-state index in [1.165, 1.54) is 25.7 Å². The van der Waals surface area contributed by atoms with Crippen LogP contribution in [0.4, 0.5) is 0 Å². The van der Waals surface area contributed by atoms with Crippen LogP contribution in [-0.4, -0.2) is 34.9 Å². The molecule has 0 saturated carbocycles. The minimum absolute atomic E-state index is 0.289. The molecule has 0 spiro atoms. The van der Waals surface area contributed by atoms with Crippen molar-refractivity contribution in [1.29, 1.82) is 0 Å². The van der Waals surface area contributed by atoms with Gasteiger partial charge in [0, 0.05) is 25.1 Å². The zero-order valence-corrected chi connectivity index (χ0v) is 11.2. The van der Waals surface area contributed by atoms with E-state index < -0.39 is 0 Å². The Labute approximate surface area is 113 Å². The molecule has 0 amide bonds. The molecule has 3 saturated heterocycles. The molecule has 5 nitrogen and oxygen atoms in total. The van der Waals surface area contributed by atoms with Crippen molar-refractivity contribution in [1.82, 2.24) is 15.5 Å². The highest BCUT2D eigenvalue weighted by Crippen LogP contribution is 2.39. The minimum Gasteiger partial charge on any atom is -0.378 e. The second-order valence-corrected chi connectivity index (χ2v) is 6.13. The van der Waals surface area contributed by atoms with Gasteiger partial charge in [-0.15, -0.1) is 0 Å². The van der Waals surface area contributed by atoms with E-state index >= 15 is 0 Å². The molecule has 0 aliphatic carbocycles. The largest absolute Gasteiger partial charge is 0.378 e. The molecule has 3 aliphatic heterocycles. The van der Waals surface area contributed by atoms with Gasteiger partial charge in [-0.3, -0.25) is 0 Å². The van der Waals surface area contributed by atoms with Crippen molar-refractivity contribution in [2.45, 2.75) is 69.1 Å². The van der Waals surface area contributed by atoms with E-state index in [1.807, 2.05) is 0 Å². The molecule has 3 fully saturated rings. The molecule has 2 bridgehead atoms. The van der Waals surface area contributed by atoms with Crippen LogP contribution in [0.2, 0.25) is 0 Å². The van der Waals surface area contributed by atoms with Gasteiger partial charge in [0.2, 0.25) is 5.89 Å². The van der Waals surface area contributed by atoms with E-state index in [2.05, 4.69) is 15.5 Å². The van der Waals surface area contributed by atoms with Crippen LogP contribution in [0.1, 0.15) is 56.2 Å². The van der Waals surface area contributed by atoms with Crippen LogP contribution in [0.5, 0.6) is 0 Å². The average Bonchev–Trinajstić information content (AvgIpc) is 3.15. The molecular weight excluding hydrogens is 242 g/mol. The zero-order valence-electron chi connectivity index (χ0n) is 11.2. The van der Waals surface area contributed by atoms with Crippen molar-refractivity contribution in [3.8, 4) is 0 Å². The molecule has 104 valence electrons. The molecule has 1 aromatic heterocycles. The maximum Gasteiger partial charge on any atom is 0.231 e. The minimum atomic E-state index is 0.289. The molecule has 4 unspecified atom stereocenters. The monoisotopic (exact) mass is 263 g/mol. The standard InChI is InChI=1S/C14H21N3O2/c1-2-6-18-10(3-1)8-13-16-14(19-17-13)11-7-9-4-5-12(11)15-9/h9-12,15H,1-8H2. The molecule has 5 heteroatoms. The van der Waals surface area contributed by atoms with Crippen LogP contribution in [-0.2, 0) is 11.2 Å². The molecular formula is C14H21N3O2. The summed E-state index contributed by atoms with van der Waals surface area (Å²) in [4.78, 5) is 4.61. The highest BCUT2D eigenvalue weighted by molar-refractivity contribution is 5.10. The maximum absolute atomic E-state index is 5.73. The van der Waals surface area contributed by atoms with Crippen molar-refractivity contribution < 1.29 is 9.26 Å². The van der Waals surface area contributed by atoms with Gasteiger partial charge in [-0.2, -0.15) is 4.98 Å². The fourth-order valence-corrected chi connectivity index (χ4v) is 3.77. The second kappa shape index (κ2) is 4.87. The van der Waals surface area contributed by atoms with Crippen molar-refractivity contribution >= 4 is 0 Å². The quantitative estimate of drug-likeness (QED) is 0.901. The Hall–Kier alpha value is -0.940. The number of nitrogens with zero attached hydrogens (tertiary/aromatic N) is 2. The Balaban J connectivity index is 1.41. The maximum atomic E-state index is 5.73. The lowest BCUT2D eigenvalue weighted by Crippen LogP contribution is -2.22. The van der Waals surface area contributed by atoms with Gasteiger partial charge in [0.25, 0.3) is 0 Å². The van der Waals surface area contributed by atoms with Crippen LogP contribution < -0.4 is 5.32 Å². The van der Waals surface area contributed by atoms with Crippen LogP contribution >= 0.6 is 0 Å². The number of rotatable bonds is 3. The number of aromatic nitrogens is 2. The lowest BCUT2D eigenvalue weighted by Gasteiger charge is -2.20. The molecule has 3 aliphatic rings. The first-order chi connectivity index (χ1) is 9.38. The van der Waals surface area contributed by atoms with Crippen molar-refractivity contribution in [2.24, 2.45) is 0 Å². The van der Waals surface area contributed by atoms with Gasteiger partial charge in [-0.25, -0.2) is 0 Å². The summed E-state index contributed by atoms with van der Waals surface area (Å²) in [7, 11) is 0. The van der Waals surface area contributed by atoms with Gasteiger partial charge >= 0.3 is 0 Å². The number of hydrogen-bond donors (Lipinski definition) is 1. The van der Waals surface area contributed by atoms with Gasteiger partial charge in [0.1, 0.15) is 0 Å².